The molecular formula is C27H37N3O. The Balaban J connectivity index is 1.68. The number of carbonyl (C=O) groups is 1. The summed E-state index contributed by atoms with van der Waals surface area (Å²) in [5, 5.41) is 6.77. The molecule has 1 saturated heterocycles. The Hall–Kier alpha value is -2.43. The zero-order valence-electron chi connectivity index (χ0n) is 19.1. The van der Waals surface area contributed by atoms with E-state index in [1.165, 1.54) is 50.0 Å². The first-order valence-corrected chi connectivity index (χ1v) is 11.7. The molecule has 0 spiro atoms. The Labute approximate surface area is 187 Å². The molecule has 166 valence electrons. The molecule has 4 heteroatoms. The van der Waals surface area contributed by atoms with Gasteiger partial charge in [0.25, 0.3) is 5.91 Å². The van der Waals surface area contributed by atoms with Crippen molar-refractivity contribution in [2.24, 2.45) is 0 Å². The van der Waals surface area contributed by atoms with Gasteiger partial charge in [0.1, 0.15) is 0 Å². The van der Waals surface area contributed by atoms with Crippen molar-refractivity contribution in [1.82, 2.24) is 10.2 Å². The van der Waals surface area contributed by atoms with Crippen molar-refractivity contribution in [2.75, 3.05) is 31.5 Å². The van der Waals surface area contributed by atoms with E-state index in [9.17, 15) is 4.79 Å². The summed E-state index contributed by atoms with van der Waals surface area (Å²) in [6.07, 6.45) is 5.87. The number of piperidine rings is 1. The van der Waals surface area contributed by atoms with Crippen molar-refractivity contribution >= 4 is 11.6 Å². The van der Waals surface area contributed by atoms with Crippen LogP contribution in [0.3, 0.4) is 0 Å². The second kappa shape index (κ2) is 11.8. The molecule has 1 unspecified atom stereocenters. The molecule has 2 N–H and O–H groups in total. The maximum Gasteiger partial charge on any atom is 0.250 e. The third kappa shape index (κ3) is 6.78. The Morgan fingerprint density at radius 1 is 1.06 bits per heavy atom. The zero-order chi connectivity index (χ0) is 22.1. The van der Waals surface area contributed by atoms with Gasteiger partial charge in [0.05, 0.1) is 6.04 Å². The van der Waals surface area contributed by atoms with Gasteiger partial charge in [-0.05, 0) is 81.5 Å². The smallest absolute Gasteiger partial charge is 0.250 e. The van der Waals surface area contributed by atoms with Gasteiger partial charge in [0.2, 0.25) is 0 Å². The van der Waals surface area contributed by atoms with Crippen molar-refractivity contribution in [3.63, 3.8) is 0 Å². The van der Waals surface area contributed by atoms with Crippen molar-refractivity contribution in [3.05, 3.63) is 77.4 Å². The number of nitrogens with one attached hydrogen (secondary N) is 2. The number of likely N-dealkylation sites (tertiary alicyclic amines) is 1. The topological polar surface area (TPSA) is 44.4 Å². The maximum absolute atomic E-state index is 12.2. The van der Waals surface area contributed by atoms with Crippen LogP contribution in [0.5, 0.6) is 0 Å². The van der Waals surface area contributed by atoms with Crippen LogP contribution in [-0.2, 0) is 4.79 Å². The van der Waals surface area contributed by atoms with Crippen LogP contribution in [0.15, 0.2) is 60.7 Å². The highest BCUT2D eigenvalue weighted by molar-refractivity contribution is 6.03. The molecule has 0 aromatic heterocycles. The molecule has 2 aromatic carbocycles. The van der Waals surface area contributed by atoms with E-state index in [4.69, 9.17) is 0 Å². The molecule has 2 aromatic rings. The largest absolute Gasteiger partial charge is 0.322 e. The van der Waals surface area contributed by atoms with Crippen LogP contribution in [0.1, 0.15) is 61.8 Å². The van der Waals surface area contributed by atoms with Crippen LogP contribution in [0.25, 0.3) is 0 Å². The fourth-order valence-corrected chi connectivity index (χ4v) is 4.18. The normalized spacial score (nSPS) is 15.4. The summed E-state index contributed by atoms with van der Waals surface area (Å²) in [6, 6.07) is 17.0. The SMILES string of the molecule is C=C(CC)C(=O)Nc1ccc(C(NCCCN2CCCCC2)c2ccccc2)cc1C. The van der Waals surface area contributed by atoms with E-state index in [0.29, 0.717) is 12.0 Å². The lowest BCUT2D eigenvalue weighted by Crippen LogP contribution is -2.33. The molecule has 0 saturated carbocycles. The van der Waals surface area contributed by atoms with Gasteiger partial charge in [-0.25, -0.2) is 0 Å². The van der Waals surface area contributed by atoms with E-state index in [1.807, 2.05) is 19.9 Å². The lowest BCUT2D eigenvalue weighted by molar-refractivity contribution is -0.112. The third-order valence-electron chi connectivity index (χ3n) is 6.16. The van der Waals surface area contributed by atoms with Crippen LogP contribution in [0.2, 0.25) is 0 Å². The molecule has 1 heterocycles. The fourth-order valence-electron chi connectivity index (χ4n) is 4.18. The number of benzene rings is 2. The van der Waals surface area contributed by atoms with Crippen molar-refractivity contribution in [2.45, 2.75) is 52.0 Å². The summed E-state index contributed by atoms with van der Waals surface area (Å²) in [5.41, 5.74) is 4.98. The summed E-state index contributed by atoms with van der Waals surface area (Å²) in [6.45, 7) is 12.5. The molecule has 4 nitrogen and oxygen atoms in total. The van der Waals surface area contributed by atoms with Gasteiger partial charge in [-0.2, -0.15) is 0 Å². The summed E-state index contributed by atoms with van der Waals surface area (Å²) < 4.78 is 0. The highest BCUT2D eigenvalue weighted by Crippen LogP contribution is 2.26. The molecular weight excluding hydrogens is 382 g/mol. The number of hydrogen-bond acceptors (Lipinski definition) is 3. The monoisotopic (exact) mass is 419 g/mol. The second-order valence-electron chi connectivity index (χ2n) is 8.54. The van der Waals surface area contributed by atoms with E-state index in [0.717, 1.165) is 24.2 Å². The second-order valence-corrected chi connectivity index (χ2v) is 8.54. The summed E-state index contributed by atoms with van der Waals surface area (Å²) >= 11 is 0. The summed E-state index contributed by atoms with van der Waals surface area (Å²) in [5.74, 6) is -0.103. The van der Waals surface area contributed by atoms with Crippen molar-refractivity contribution in [1.29, 1.82) is 0 Å². The Morgan fingerprint density at radius 2 is 1.81 bits per heavy atom. The number of rotatable bonds is 10. The van der Waals surface area contributed by atoms with Crippen LogP contribution in [0, 0.1) is 6.92 Å². The Kier molecular flexibility index (Phi) is 8.86. The molecule has 1 aliphatic rings. The van der Waals surface area contributed by atoms with Gasteiger partial charge >= 0.3 is 0 Å². The minimum absolute atomic E-state index is 0.103. The maximum atomic E-state index is 12.2. The average molecular weight is 420 g/mol. The molecule has 0 bridgehead atoms. The molecule has 31 heavy (non-hydrogen) atoms. The molecule has 1 fully saturated rings. The number of amides is 1. The molecule has 1 aliphatic heterocycles. The quantitative estimate of drug-likeness (QED) is 0.397. The lowest BCUT2D eigenvalue weighted by atomic mass is 9.96. The molecule has 1 atom stereocenters. The number of carbonyl (C=O) groups excluding carboxylic acids is 1. The first-order chi connectivity index (χ1) is 15.1. The highest BCUT2D eigenvalue weighted by atomic mass is 16.1. The number of nitrogens with zero attached hydrogens (tertiary/aromatic N) is 1. The van der Waals surface area contributed by atoms with Gasteiger partial charge in [0, 0.05) is 11.3 Å². The standard InChI is InChI=1S/C27H37N3O/c1-4-21(2)27(31)29-25-15-14-24(20-22(25)3)26(23-12-7-5-8-13-23)28-16-11-19-30-17-9-6-10-18-30/h5,7-8,12-15,20,26,28H,2,4,6,9-11,16-19H2,1,3H3,(H,29,31). The molecule has 0 radical (unpaired) electrons. The number of aryl methyl sites for hydroxylation is 1. The van der Waals surface area contributed by atoms with Gasteiger partial charge in [-0.3, -0.25) is 4.79 Å². The fraction of sp³-hybridized carbons (Fsp3) is 0.444. The van der Waals surface area contributed by atoms with Crippen LogP contribution in [-0.4, -0.2) is 37.0 Å². The van der Waals surface area contributed by atoms with Gasteiger partial charge in [0.15, 0.2) is 0 Å². The summed E-state index contributed by atoms with van der Waals surface area (Å²) in [7, 11) is 0. The van der Waals surface area contributed by atoms with Gasteiger partial charge in [-0.15, -0.1) is 0 Å². The first kappa shape index (κ1) is 23.2. The molecule has 3 rings (SSSR count). The van der Waals surface area contributed by atoms with Gasteiger partial charge in [-0.1, -0.05) is 62.4 Å². The minimum Gasteiger partial charge on any atom is -0.322 e. The van der Waals surface area contributed by atoms with E-state index in [2.05, 4.69) is 64.6 Å². The Morgan fingerprint density at radius 3 is 2.48 bits per heavy atom. The van der Waals surface area contributed by atoms with E-state index < -0.39 is 0 Å². The van der Waals surface area contributed by atoms with Gasteiger partial charge < -0.3 is 15.5 Å². The van der Waals surface area contributed by atoms with Crippen LogP contribution in [0.4, 0.5) is 5.69 Å². The highest BCUT2D eigenvalue weighted by Gasteiger charge is 2.16. The van der Waals surface area contributed by atoms with E-state index in [-0.39, 0.29) is 11.9 Å². The minimum atomic E-state index is -0.103. The van der Waals surface area contributed by atoms with Crippen molar-refractivity contribution in [3.8, 4) is 0 Å². The predicted molar refractivity (Wildman–Crippen MR) is 130 cm³/mol. The molecule has 0 aliphatic carbocycles. The van der Waals surface area contributed by atoms with Crippen LogP contribution < -0.4 is 10.6 Å². The Bertz CT molecular complexity index is 856. The predicted octanol–water partition coefficient (Wildman–Crippen LogP) is 5.45. The zero-order valence-corrected chi connectivity index (χ0v) is 19.1. The van der Waals surface area contributed by atoms with E-state index in [1.54, 1.807) is 0 Å². The lowest BCUT2D eigenvalue weighted by Gasteiger charge is -2.27. The van der Waals surface area contributed by atoms with Crippen molar-refractivity contribution < 1.29 is 4.79 Å². The van der Waals surface area contributed by atoms with Crippen LogP contribution >= 0.6 is 0 Å². The average Bonchev–Trinajstić information content (AvgIpc) is 2.81. The number of hydrogen-bond donors (Lipinski definition) is 2. The first-order valence-electron chi connectivity index (χ1n) is 11.7. The summed E-state index contributed by atoms with van der Waals surface area (Å²) in [4.78, 5) is 14.8. The van der Waals surface area contributed by atoms with E-state index >= 15 is 0 Å². The third-order valence-corrected chi connectivity index (χ3v) is 6.16. The molecule has 1 amide bonds. The number of anilines is 1.